The Kier molecular flexibility index (Phi) is 19.2. The van der Waals surface area contributed by atoms with Gasteiger partial charge >= 0.3 is 5.97 Å². The zero-order chi connectivity index (χ0) is 58.0. The second kappa shape index (κ2) is 26.2. The zero-order valence-electron chi connectivity index (χ0n) is 45.1. The molecule has 12 N–H and O–H groups in total. The fraction of sp³-hybridized carbons (Fsp3) is 0.367. The van der Waals surface area contributed by atoms with Gasteiger partial charge in [0.05, 0.1) is 57.6 Å². The van der Waals surface area contributed by atoms with Crippen LogP contribution < -0.4 is 38.9 Å². The quantitative estimate of drug-likeness (QED) is 0.0297. The summed E-state index contributed by atoms with van der Waals surface area (Å²) in [7, 11) is 3.12. The smallest absolute Gasteiger partial charge is 0.335 e. The minimum Gasteiger partial charge on any atom is -0.478 e. The van der Waals surface area contributed by atoms with Crippen LogP contribution in [0, 0.1) is 35.1 Å². The number of carboxylic acid groups (broad SMARTS) is 1. The Morgan fingerprint density at radius 2 is 1.07 bits per heavy atom. The number of rotatable bonds is 18. The Morgan fingerprint density at radius 1 is 0.617 bits per heavy atom. The largest absolute Gasteiger partial charge is 0.478 e. The van der Waals surface area contributed by atoms with Gasteiger partial charge in [-0.2, -0.15) is 0 Å². The monoisotopic (exact) mass is 1120 g/mol. The molecular formula is C60H68F4N10O7. The predicted octanol–water partition coefficient (Wildman–Crippen LogP) is 8.24. The number of hydrogen-bond acceptors (Lipinski definition) is 13. The molecule has 4 heterocycles. The SMILES string of the molecule is CO[C@@H]1C[C@H](C(=O)Nc2cc(C(N)(CCC3CC3)c3ccncc3)ccc2F)N(C(=O)c2ccc(F)c(N)c2)C1.CO[C@H]1CN[C@@H](C(=O)Nc2cc(C(N)(CCC3CC3)c3ccncc3)ccc2F)C1.Nc1cc(C(=O)O)ccc1F. The molecule has 0 bridgehead atoms. The van der Waals surface area contributed by atoms with Gasteiger partial charge in [-0.25, -0.2) is 22.4 Å². The number of anilines is 4. The summed E-state index contributed by atoms with van der Waals surface area (Å²) in [6, 6.07) is 22.4. The normalized spacial score (nSPS) is 19.9. The maximum absolute atomic E-state index is 15.1. The summed E-state index contributed by atoms with van der Waals surface area (Å²) in [6.45, 7) is 0.745. The highest BCUT2D eigenvalue weighted by atomic mass is 19.1. The second-order valence-corrected chi connectivity index (χ2v) is 21.1. The van der Waals surface area contributed by atoms with Crippen LogP contribution in [0.25, 0.3) is 0 Å². The molecule has 17 nitrogen and oxygen atoms in total. The van der Waals surface area contributed by atoms with Crippen LogP contribution in [0.5, 0.6) is 0 Å². The van der Waals surface area contributed by atoms with Gasteiger partial charge in [0.15, 0.2) is 0 Å². The Hall–Kier alpha value is -7.82. The highest BCUT2D eigenvalue weighted by molar-refractivity contribution is 6.02. The molecule has 2 aliphatic heterocycles. The van der Waals surface area contributed by atoms with E-state index in [9.17, 15) is 32.3 Å². The summed E-state index contributed by atoms with van der Waals surface area (Å²) in [5.74, 6) is -3.44. The first-order valence-corrected chi connectivity index (χ1v) is 26.8. The van der Waals surface area contributed by atoms with E-state index in [-0.39, 0.29) is 58.9 Å². The number of nitrogen functional groups attached to an aromatic ring is 2. The lowest BCUT2D eigenvalue weighted by atomic mass is 9.79. The van der Waals surface area contributed by atoms with Gasteiger partial charge in [-0.05, 0) is 151 Å². The average Bonchev–Trinajstić information content (AvgIpc) is 4.58. The van der Waals surface area contributed by atoms with E-state index < -0.39 is 70.3 Å². The van der Waals surface area contributed by atoms with Crippen molar-refractivity contribution in [1.82, 2.24) is 20.2 Å². The third kappa shape index (κ3) is 14.8. The van der Waals surface area contributed by atoms with Crippen molar-refractivity contribution in [3.05, 3.63) is 178 Å². The number of aromatic carboxylic acids is 1. The molecule has 0 spiro atoms. The number of halogens is 4. The van der Waals surface area contributed by atoms with Gasteiger partial charge in [0, 0.05) is 64.1 Å². The summed E-state index contributed by atoms with van der Waals surface area (Å²) in [4.78, 5) is 59.3. The third-order valence-corrected chi connectivity index (χ3v) is 15.5. The van der Waals surface area contributed by atoms with Crippen LogP contribution in [0.2, 0.25) is 0 Å². The molecule has 428 valence electrons. The number of amides is 3. The van der Waals surface area contributed by atoms with Crippen LogP contribution in [0.1, 0.15) is 107 Å². The molecule has 81 heavy (non-hydrogen) atoms. The number of methoxy groups -OCH3 is 2. The molecule has 6 atom stereocenters. The van der Waals surface area contributed by atoms with Crippen LogP contribution in [-0.4, -0.2) is 95.3 Å². The number of nitrogens with zero attached hydrogens (tertiary/aromatic N) is 3. The molecule has 21 heteroatoms. The fourth-order valence-electron chi connectivity index (χ4n) is 10.2. The number of hydrogen-bond donors (Lipinski definition) is 8. The van der Waals surface area contributed by atoms with Crippen molar-refractivity contribution >= 4 is 46.4 Å². The number of carbonyl (C=O) groups is 4. The number of aromatic nitrogens is 2. The van der Waals surface area contributed by atoms with Crippen LogP contribution in [0.4, 0.5) is 40.3 Å². The van der Waals surface area contributed by atoms with Gasteiger partial charge in [-0.3, -0.25) is 24.4 Å². The number of nitrogens with two attached hydrogens (primary N) is 4. The van der Waals surface area contributed by atoms with Crippen molar-refractivity contribution in [2.45, 2.75) is 99.6 Å². The molecule has 4 fully saturated rings. The highest BCUT2D eigenvalue weighted by Gasteiger charge is 2.41. The summed E-state index contributed by atoms with van der Waals surface area (Å²) < 4.78 is 66.5. The third-order valence-electron chi connectivity index (χ3n) is 15.5. The minimum absolute atomic E-state index is 0.0103. The average molecular weight is 1120 g/mol. The van der Waals surface area contributed by atoms with Gasteiger partial charge in [0.25, 0.3) is 5.91 Å². The second-order valence-electron chi connectivity index (χ2n) is 21.1. The molecule has 2 aromatic heterocycles. The van der Waals surface area contributed by atoms with E-state index in [4.69, 9.17) is 37.5 Å². The van der Waals surface area contributed by atoms with Crippen LogP contribution >= 0.6 is 0 Å². The topological polar surface area (TPSA) is 276 Å². The molecule has 4 aromatic carbocycles. The van der Waals surface area contributed by atoms with E-state index in [1.54, 1.807) is 56.2 Å². The van der Waals surface area contributed by atoms with Crippen LogP contribution in [-0.2, 0) is 30.1 Å². The zero-order valence-corrected chi connectivity index (χ0v) is 45.1. The summed E-state index contributed by atoms with van der Waals surface area (Å²) in [6.07, 6.45) is 15.4. The first-order valence-electron chi connectivity index (χ1n) is 26.8. The first-order chi connectivity index (χ1) is 38.8. The van der Waals surface area contributed by atoms with Crippen molar-refractivity contribution in [3.8, 4) is 0 Å². The Bertz CT molecular complexity index is 3190. The number of likely N-dealkylation sites (tertiary alicyclic amines) is 1. The maximum atomic E-state index is 15.1. The molecule has 4 aliphatic rings. The van der Waals surface area contributed by atoms with E-state index in [2.05, 4.69) is 25.9 Å². The molecule has 10 rings (SSSR count). The molecule has 6 aromatic rings. The highest BCUT2D eigenvalue weighted by Crippen LogP contribution is 2.42. The van der Waals surface area contributed by atoms with E-state index in [0.29, 0.717) is 30.9 Å². The molecule has 2 saturated heterocycles. The standard InChI is InChI=1S/C30H33F2N5O3.C23H29FN4O2.C7H6FNO2/c1-40-22-16-27(37(17-22)29(39)19-4-6-23(31)25(33)14-19)28(38)36-26-15-21(5-7-24(26)32)30(34,11-8-18-2-3-18)20-9-12-35-13-10-20;1-30-18-13-21(27-14-18)22(29)28-20-12-17(4-5-19(20)24)23(25,9-6-15-2-3-15)16-7-10-26-11-8-16;8-5-2-1-4(7(10)11)3-6(5)9/h4-7,9-10,12-15,18,22,27H,2-3,8,11,16-17,33-34H2,1H3,(H,36,38);4-5,7-8,10-12,15,18,21,27H,2-3,6,9,13-14,25H2,1H3,(H,28,29);1-3H,9H2,(H,10,11)/t22-,27-,30?;18-,21-,23?;/m11./s1. The van der Waals surface area contributed by atoms with Crippen molar-refractivity contribution in [1.29, 1.82) is 0 Å². The molecular weight excluding hydrogens is 1050 g/mol. The fourth-order valence-corrected chi connectivity index (χ4v) is 10.2. The molecule has 2 saturated carbocycles. The van der Waals surface area contributed by atoms with E-state index >= 15 is 4.39 Å². The molecule has 3 amide bonds. The number of pyridine rings is 2. The van der Waals surface area contributed by atoms with Crippen molar-refractivity contribution < 1.29 is 51.3 Å². The summed E-state index contributed by atoms with van der Waals surface area (Å²) in [5, 5.41) is 17.0. The van der Waals surface area contributed by atoms with Crippen LogP contribution in [0.15, 0.2) is 122 Å². The lowest BCUT2D eigenvalue weighted by Gasteiger charge is -2.31. The van der Waals surface area contributed by atoms with Gasteiger partial charge in [0.2, 0.25) is 11.8 Å². The Morgan fingerprint density at radius 3 is 1.52 bits per heavy atom. The Labute approximate surface area is 467 Å². The van der Waals surface area contributed by atoms with Crippen LogP contribution in [0.3, 0.4) is 0 Å². The van der Waals surface area contributed by atoms with Gasteiger partial charge < -0.3 is 58.4 Å². The van der Waals surface area contributed by atoms with Gasteiger partial charge in [-0.15, -0.1) is 0 Å². The lowest BCUT2D eigenvalue weighted by molar-refractivity contribution is -0.120. The van der Waals surface area contributed by atoms with Crippen molar-refractivity contribution in [3.63, 3.8) is 0 Å². The van der Waals surface area contributed by atoms with E-state index in [1.165, 1.54) is 62.0 Å². The van der Waals surface area contributed by atoms with E-state index in [1.807, 2.05) is 24.3 Å². The minimum atomic E-state index is -1.11. The van der Waals surface area contributed by atoms with Crippen molar-refractivity contribution in [2.75, 3.05) is 49.4 Å². The van der Waals surface area contributed by atoms with E-state index in [0.717, 1.165) is 66.1 Å². The number of nitrogens with one attached hydrogen (secondary N) is 3. The molecule has 0 radical (unpaired) electrons. The summed E-state index contributed by atoms with van der Waals surface area (Å²) >= 11 is 0. The number of carboxylic acids is 1. The molecule has 2 unspecified atom stereocenters. The number of benzene rings is 4. The summed E-state index contributed by atoms with van der Waals surface area (Å²) in [5.41, 5.74) is 26.2. The first kappa shape index (κ1) is 59.3. The Balaban J connectivity index is 0.000000184. The number of ether oxygens (including phenoxy) is 2. The maximum Gasteiger partial charge on any atom is 0.335 e. The predicted molar refractivity (Wildman–Crippen MR) is 298 cm³/mol. The number of carbonyl (C=O) groups excluding carboxylic acids is 3. The van der Waals surface area contributed by atoms with Gasteiger partial charge in [-0.1, -0.05) is 37.8 Å². The lowest BCUT2D eigenvalue weighted by Crippen LogP contribution is -2.43. The molecule has 2 aliphatic carbocycles. The van der Waals surface area contributed by atoms with Gasteiger partial charge in [0.1, 0.15) is 29.3 Å². The van der Waals surface area contributed by atoms with Crippen molar-refractivity contribution in [2.24, 2.45) is 23.3 Å².